The summed E-state index contributed by atoms with van der Waals surface area (Å²) in [6, 6.07) is 0. The highest BCUT2D eigenvalue weighted by molar-refractivity contribution is 5.75. The zero-order valence-electron chi connectivity index (χ0n) is 8.60. The monoisotopic (exact) mass is 171 g/mol. The third-order valence-electron chi connectivity index (χ3n) is 1.98. The summed E-state index contributed by atoms with van der Waals surface area (Å²) in [7, 11) is 0. The molecule has 0 fully saturated rings. The molecule has 0 spiro atoms. The van der Waals surface area contributed by atoms with E-state index in [-0.39, 0.29) is 0 Å². The number of unbranched alkanes of at least 4 members (excludes halogenated alkanes) is 1. The van der Waals surface area contributed by atoms with Crippen LogP contribution in [0.25, 0.3) is 0 Å². The number of hydrogen-bond donors (Lipinski definition) is 0. The molecule has 72 valence electrons. The molecular formula is C10H21NO. The summed E-state index contributed by atoms with van der Waals surface area (Å²) in [5, 5.41) is 0. The van der Waals surface area contributed by atoms with E-state index in [1.165, 1.54) is 0 Å². The van der Waals surface area contributed by atoms with Gasteiger partial charge >= 0.3 is 0 Å². The molecule has 1 amide bonds. The van der Waals surface area contributed by atoms with Gasteiger partial charge in [0, 0.05) is 19.5 Å². The predicted octanol–water partition coefficient (Wildman–Crippen LogP) is 2.44. The van der Waals surface area contributed by atoms with Crippen molar-refractivity contribution in [2.24, 2.45) is 0 Å². The molecule has 0 aromatic heterocycles. The Balaban J connectivity index is 3.71. The van der Waals surface area contributed by atoms with Crippen LogP contribution in [0.15, 0.2) is 0 Å². The van der Waals surface area contributed by atoms with Gasteiger partial charge in [0.05, 0.1) is 0 Å². The fourth-order valence-corrected chi connectivity index (χ4v) is 1.18. The maximum absolute atomic E-state index is 11.4. The first-order valence-corrected chi connectivity index (χ1v) is 5.04. The Morgan fingerprint density at radius 3 is 2.25 bits per heavy atom. The van der Waals surface area contributed by atoms with Gasteiger partial charge < -0.3 is 4.90 Å². The molecule has 2 heteroatoms. The molecular weight excluding hydrogens is 150 g/mol. The van der Waals surface area contributed by atoms with E-state index < -0.39 is 0 Å². The molecule has 0 unspecified atom stereocenters. The molecule has 0 N–H and O–H groups in total. The van der Waals surface area contributed by atoms with E-state index in [9.17, 15) is 4.79 Å². The van der Waals surface area contributed by atoms with Crippen LogP contribution in [0.5, 0.6) is 0 Å². The molecule has 0 radical (unpaired) electrons. The van der Waals surface area contributed by atoms with E-state index in [4.69, 9.17) is 0 Å². The highest BCUT2D eigenvalue weighted by atomic mass is 16.2. The summed E-state index contributed by atoms with van der Waals surface area (Å²) in [5.41, 5.74) is 0. The fraction of sp³-hybridized carbons (Fsp3) is 0.900. The number of amides is 1. The van der Waals surface area contributed by atoms with E-state index in [0.717, 1.165) is 32.4 Å². The quantitative estimate of drug-likeness (QED) is 0.601. The lowest BCUT2D eigenvalue weighted by molar-refractivity contribution is -0.131. The summed E-state index contributed by atoms with van der Waals surface area (Å²) < 4.78 is 0. The average Bonchev–Trinajstić information content (AvgIpc) is 2.06. The van der Waals surface area contributed by atoms with Gasteiger partial charge in [-0.05, 0) is 19.8 Å². The van der Waals surface area contributed by atoms with Crippen LogP contribution in [0.2, 0.25) is 0 Å². The molecule has 0 aliphatic heterocycles. The fourth-order valence-electron chi connectivity index (χ4n) is 1.18. The van der Waals surface area contributed by atoms with Crippen LogP contribution in [0.4, 0.5) is 0 Å². The highest BCUT2D eigenvalue weighted by Crippen LogP contribution is 2.00. The Morgan fingerprint density at radius 1 is 1.17 bits per heavy atom. The lowest BCUT2D eigenvalue weighted by Crippen LogP contribution is -2.31. The standard InChI is InChI=1S/C10H21NO/c1-4-7-9-11(6-3)10(12)8-5-2/h4-9H2,1-3H3. The Labute approximate surface area is 75.9 Å². The molecule has 0 atom stereocenters. The Bertz CT molecular complexity index is 123. The minimum Gasteiger partial charge on any atom is -0.343 e. The maximum atomic E-state index is 11.4. The van der Waals surface area contributed by atoms with Gasteiger partial charge in [-0.2, -0.15) is 0 Å². The zero-order valence-corrected chi connectivity index (χ0v) is 8.60. The van der Waals surface area contributed by atoms with Crippen LogP contribution in [-0.4, -0.2) is 23.9 Å². The largest absolute Gasteiger partial charge is 0.343 e. The van der Waals surface area contributed by atoms with Crippen molar-refractivity contribution in [1.82, 2.24) is 4.90 Å². The normalized spacial score (nSPS) is 9.92. The van der Waals surface area contributed by atoms with Crippen LogP contribution in [0.1, 0.15) is 46.5 Å². The topological polar surface area (TPSA) is 20.3 Å². The van der Waals surface area contributed by atoms with Crippen LogP contribution in [-0.2, 0) is 4.79 Å². The van der Waals surface area contributed by atoms with Crippen molar-refractivity contribution in [3.05, 3.63) is 0 Å². The molecule has 0 bridgehead atoms. The first-order chi connectivity index (χ1) is 5.76. The van der Waals surface area contributed by atoms with Crippen molar-refractivity contribution in [3.8, 4) is 0 Å². The molecule has 0 rings (SSSR count). The minimum atomic E-state index is 0.313. The van der Waals surface area contributed by atoms with Gasteiger partial charge in [-0.15, -0.1) is 0 Å². The van der Waals surface area contributed by atoms with E-state index in [1.54, 1.807) is 0 Å². The van der Waals surface area contributed by atoms with Gasteiger partial charge in [0.15, 0.2) is 0 Å². The SMILES string of the molecule is CCCCN(CC)C(=O)CCC. The Kier molecular flexibility index (Phi) is 6.82. The van der Waals surface area contributed by atoms with E-state index in [2.05, 4.69) is 6.92 Å². The zero-order chi connectivity index (χ0) is 9.40. The van der Waals surface area contributed by atoms with Crippen LogP contribution in [0.3, 0.4) is 0 Å². The molecule has 0 aromatic rings. The third-order valence-corrected chi connectivity index (χ3v) is 1.98. The van der Waals surface area contributed by atoms with Gasteiger partial charge in [-0.3, -0.25) is 4.79 Å². The lowest BCUT2D eigenvalue weighted by atomic mass is 10.2. The molecule has 0 saturated heterocycles. The number of hydrogen-bond acceptors (Lipinski definition) is 1. The molecule has 2 nitrogen and oxygen atoms in total. The van der Waals surface area contributed by atoms with Crippen molar-refractivity contribution >= 4 is 5.91 Å². The third kappa shape index (κ3) is 4.37. The van der Waals surface area contributed by atoms with Gasteiger partial charge in [0.2, 0.25) is 5.91 Å². The molecule has 0 aliphatic rings. The molecule has 0 heterocycles. The summed E-state index contributed by atoms with van der Waals surface area (Å²) in [5.74, 6) is 0.313. The molecule has 0 aromatic carbocycles. The Hall–Kier alpha value is -0.530. The summed E-state index contributed by atoms with van der Waals surface area (Å²) in [4.78, 5) is 13.4. The molecule has 0 aliphatic carbocycles. The van der Waals surface area contributed by atoms with Crippen molar-refractivity contribution < 1.29 is 4.79 Å². The van der Waals surface area contributed by atoms with Gasteiger partial charge in [-0.25, -0.2) is 0 Å². The molecule has 12 heavy (non-hydrogen) atoms. The summed E-state index contributed by atoms with van der Waals surface area (Å²) >= 11 is 0. The highest BCUT2D eigenvalue weighted by Gasteiger charge is 2.08. The van der Waals surface area contributed by atoms with Gasteiger partial charge in [-0.1, -0.05) is 20.3 Å². The van der Waals surface area contributed by atoms with Crippen molar-refractivity contribution in [1.29, 1.82) is 0 Å². The smallest absolute Gasteiger partial charge is 0.222 e. The number of rotatable bonds is 6. The van der Waals surface area contributed by atoms with Crippen molar-refractivity contribution in [3.63, 3.8) is 0 Å². The van der Waals surface area contributed by atoms with Gasteiger partial charge in [0.1, 0.15) is 0 Å². The van der Waals surface area contributed by atoms with Crippen molar-refractivity contribution in [2.45, 2.75) is 46.5 Å². The van der Waals surface area contributed by atoms with Gasteiger partial charge in [0.25, 0.3) is 0 Å². The average molecular weight is 171 g/mol. The van der Waals surface area contributed by atoms with Crippen molar-refractivity contribution in [2.75, 3.05) is 13.1 Å². The minimum absolute atomic E-state index is 0.313. The van der Waals surface area contributed by atoms with Crippen LogP contribution in [0, 0.1) is 0 Å². The lowest BCUT2D eigenvalue weighted by Gasteiger charge is -2.20. The summed E-state index contributed by atoms with van der Waals surface area (Å²) in [6.07, 6.45) is 3.96. The van der Waals surface area contributed by atoms with E-state index in [1.807, 2.05) is 18.7 Å². The molecule has 0 saturated carbocycles. The number of carbonyl (C=O) groups is 1. The van der Waals surface area contributed by atoms with E-state index >= 15 is 0 Å². The van der Waals surface area contributed by atoms with Crippen LogP contribution >= 0.6 is 0 Å². The van der Waals surface area contributed by atoms with E-state index in [0.29, 0.717) is 12.3 Å². The summed E-state index contributed by atoms with van der Waals surface area (Å²) in [6.45, 7) is 8.04. The van der Waals surface area contributed by atoms with Crippen LogP contribution < -0.4 is 0 Å². The number of carbonyl (C=O) groups excluding carboxylic acids is 1. The predicted molar refractivity (Wildman–Crippen MR) is 52.1 cm³/mol. The second kappa shape index (κ2) is 7.14. The first kappa shape index (κ1) is 11.5. The Morgan fingerprint density at radius 2 is 1.83 bits per heavy atom. The maximum Gasteiger partial charge on any atom is 0.222 e. The first-order valence-electron chi connectivity index (χ1n) is 5.04. The second-order valence-corrected chi connectivity index (χ2v) is 3.08. The number of nitrogens with zero attached hydrogens (tertiary/aromatic N) is 1. The second-order valence-electron chi connectivity index (χ2n) is 3.08.